The minimum absolute atomic E-state index is 0.0871. The number of hydrogen-bond acceptors (Lipinski definition) is 5. The van der Waals surface area contributed by atoms with Gasteiger partial charge >= 0.3 is 0 Å². The molecule has 0 aliphatic rings. The Balaban J connectivity index is 2.22. The zero-order valence-corrected chi connectivity index (χ0v) is 10.9. The lowest BCUT2D eigenvalue weighted by atomic mass is 10.3. The van der Waals surface area contributed by atoms with Gasteiger partial charge in [-0.05, 0) is 12.1 Å². The molecule has 0 aliphatic carbocycles. The van der Waals surface area contributed by atoms with Crippen molar-refractivity contribution in [2.24, 2.45) is 0 Å². The van der Waals surface area contributed by atoms with Crippen LogP contribution in [0.25, 0.3) is 0 Å². The molecule has 94 valence electrons. The molecule has 2 aromatic rings. The summed E-state index contributed by atoms with van der Waals surface area (Å²) in [5.41, 5.74) is 5.61. The Labute approximate surface area is 115 Å². The normalized spacial score (nSPS) is 10.4. The summed E-state index contributed by atoms with van der Waals surface area (Å²) in [4.78, 5) is 11.7. The molecule has 0 saturated carbocycles. The van der Waals surface area contributed by atoms with E-state index < -0.39 is 11.7 Å². The minimum atomic E-state index is -0.739. The van der Waals surface area contributed by atoms with Gasteiger partial charge in [0.1, 0.15) is 0 Å². The van der Waals surface area contributed by atoms with E-state index in [-0.39, 0.29) is 25.9 Å². The van der Waals surface area contributed by atoms with Gasteiger partial charge in [0.2, 0.25) is 10.1 Å². The summed E-state index contributed by atoms with van der Waals surface area (Å²) in [6, 6.07) is 2.48. The summed E-state index contributed by atoms with van der Waals surface area (Å²) in [6.07, 6.45) is 0. The van der Waals surface area contributed by atoms with E-state index in [1.807, 2.05) is 0 Å². The highest BCUT2D eigenvalue weighted by Crippen LogP contribution is 2.27. The first-order chi connectivity index (χ1) is 8.47. The van der Waals surface area contributed by atoms with Crippen LogP contribution in [-0.4, -0.2) is 16.1 Å². The van der Waals surface area contributed by atoms with Gasteiger partial charge < -0.3 is 11.1 Å². The van der Waals surface area contributed by atoms with Crippen LogP contribution < -0.4 is 11.1 Å². The molecule has 0 aliphatic heterocycles. The second kappa shape index (κ2) is 5.05. The highest BCUT2D eigenvalue weighted by atomic mass is 35.5. The minimum Gasteiger partial charge on any atom is -0.374 e. The Morgan fingerprint density at radius 2 is 1.94 bits per heavy atom. The Bertz CT molecular complexity index is 595. The molecule has 1 heterocycles. The number of carbonyl (C=O) groups is 1. The van der Waals surface area contributed by atoms with Crippen LogP contribution in [-0.2, 0) is 0 Å². The van der Waals surface area contributed by atoms with Gasteiger partial charge in [-0.3, -0.25) is 4.79 Å². The van der Waals surface area contributed by atoms with Crippen LogP contribution in [0.4, 0.5) is 15.2 Å². The molecule has 0 radical (unpaired) electrons. The number of carbonyl (C=O) groups excluding carboxylic acids is 1. The molecule has 0 unspecified atom stereocenters. The molecule has 1 amide bonds. The quantitative estimate of drug-likeness (QED) is 0.836. The van der Waals surface area contributed by atoms with Gasteiger partial charge in [-0.15, -0.1) is 10.2 Å². The zero-order chi connectivity index (χ0) is 13.3. The lowest BCUT2D eigenvalue weighted by Crippen LogP contribution is -2.11. The van der Waals surface area contributed by atoms with Crippen molar-refractivity contribution in [3.8, 4) is 0 Å². The van der Waals surface area contributed by atoms with E-state index in [2.05, 4.69) is 15.5 Å². The molecule has 0 saturated heterocycles. The van der Waals surface area contributed by atoms with E-state index in [0.29, 0.717) is 0 Å². The molecular formula is C9H5Cl2FN4OS. The smallest absolute Gasteiger partial charge is 0.286 e. The number of anilines is 2. The molecule has 5 nitrogen and oxygen atoms in total. The fourth-order valence-electron chi connectivity index (χ4n) is 1.14. The van der Waals surface area contributed by atoms with E-state index in [1.54, 1.807) is 0 Å². The summed E-state index contributed by atoms with van der Waals surface area (Å²) in [7, 11) is 0. The third kappa shape index (κ3) is 2.69. The highest BCUT2D eigenvalue weighted by molar-refractivity contribution is 7.16. The van der Waals surface area contributed by atoms with Crippen molar-refractivity contribution >= 4 is 51.3 Å². The van der Waals surface area contributed by atoms with Crippen LogP contribution in [0.1, 0.15) is 9.80 Å². The summed E-state index contributed by atoms with van der Waals surface area (Å²) in [6.45, 7) is 0. The topological polar surface area (TPSA) is 80.9 Å². The summed E-state index contributed by atoms with van der Waals surface area (Å²) in [5, 5.41) is 9.42. The van der Waals surface area contributed by atoms with Crippen LogP contribution in [0.5, 0.6) is 0 Å². The van der Waals surface area contributed by atoms with Crippen molar-refractivity contribution in [2.45, 2.75) is 0 Å². The van der Waals surface area contributed by atoms with Gasteiger partial charge in [-0.1, -0.05) is 34.5 Å². The monoisotopic (exact) mass is 306 g/mol. The molecule has 0 atom stereocenters. The summed E-state index contributed by atoms with van der Waals surface area (Å²) >= 11 is 12.1. The Hall–Kier alpha value is -1.44. The van der Waals surface area contributed by atoms with Crippen molar-refractivity contribution in [1.29, 1.82) is 0 Å². The maximum atomic E-state index is 13.2. The molecule has 1 aromatic carbocycles. The molecule has 1 aromatic heterocycles. The van der Waals surface area contributed by atoms with E-state index in [0.717, 1.165) is 11.3 Å². The first-order valence-corrected chi connectivity index (χ1v) is 6.09. The number of nitrogen functional groups attached to an aromatic ring is 1. The number of rotatable bonds is 2. The van der Waals surface area contributed by atoms with Gasteiger partial charge in [0.25, 0.3) is 5.91 Å². The van der Waals surface area contributed by atoms with Crippen molar-refractivity contribution in [1.82, 2.24) is 10.2 Å². The van der Waals surface area contributed by atoms with E-state index in [9.17, 15) is 9.18 Å². The van der Waals surface area contributed by atoms with Crippen LogP contribution in [0.2, 0.25) is 10.0 Å². The molecule has 3 N–H and O–H groups in total. The Morgan fingerprint density at radius 1 is 1.33 bits per heavy atom. The number of nitrogens with zero attached hydrogens (tertiary/aromatic N) is 2. The zero-order valence-electron chi connectivity index (χ0n) is 8.58. The van der Waals surface area contributed by atoms with E-state index in [4.69, 9.17) is 28.9 Å². The van der Waals surface area contributed by atoms with Crippen LogP contribution in [0.15, 0.2) is 12.1 Å². The van der Waals surface area contributed by atoms with Crippen LogP contribution >= 0.6 is 34.5 Å². The third-order valence-electron chi connectivity index (χ3n) is 1.88. The SMILES string of the molecule is Nc1nnc(C(=O)Nc2cc(Cl)c(F)c(Cl)c2)s1. The van der Waals surface area contributed by atoms with E-state index >= 15 is 0 Å². The van der Waals surface area contributed by atoms with Crippen molar-refractivity contribution in [2.75, 3.05) is 11.1 Å². The van der Waals surface area contributed by atoms with Crippen molar-refractivity contribution in [3.05, 3.63) is 33.0 Å². The number of nitrogens with two attached hydrogens (primary N) is 1. The van der Waals surface area contributed by atoms with Crippen molar-refractivity contribution in [3.63, 3.8) is 0 Å². The molecule has 2 rings (SSSR count). The lowest BCUT2D eigenvalue weighted by molar-refractivity contribution is 0.102. The van der Waals surface area contributed by atoms with E-state index in [1.165, 1.54) is 12.1 Å². The average Bonchev–Trinajstić information content (AvgIpc) is 2.72. The van der Waals surface area contributed by atoms with Gasteiger partial charge in [-0.25, -0.2) is 4.39 Å². The van der Waals surface area contributed by atoms with Gasteiger partial charge in [0.15, 0.2) is 5.82 Å². The number of nitrogens with one attached hydrogen (secondary N) is 1. The van der Waals surface area contributed by atoms with Crippen molar-refractivity contribution < 1.29 is 9.18 Å². The number of halogens is 3. The molecule has 0 fully saturated rings. The highest BCUT2D eigenvalue weighted by Gasteiger charge is 2.14. The second-order valence-electron chi connectivity index (χ2n) is 3.15. The maximum Gasteiger partial charge on any atom is 0.286 e. The molecule has 9 heteroatoms. The predicted octanol–water partition coefficient (Wildman–Crippen LogP) is 2.82. The standard InChI is InChI=1S/C9H5Cl2FN4OS/c10-4-1-3(2-5(11)6(4)12)14-7(17)8-15-16-9(13)18-8/h1-2H,(H2,13,16)(H,14,17). The fraction of sp³-hybridized carbons (Fsp3) is 0. The number of amides is 1. The summed E-state index contributed by atoms with van der Waals surface area (Å²) < 4.78 is 13.2. The molecular weight excluding hydrogens is 302 g/mol. The number of benzene rings is 1. The predicted molar refractivity (Wildman–Crippen MR) is 68.7 cm³/mol. The first-order valence-electron chi connectivity index (χ1n) is 4.52. The van der Waals surface area contributed by atoms with Gasteiger partial charge in [-0.2, -0.15) is 0 Å². The van der Waals surface area contributed by atoms with Crippen LogP contribution in [0.3, 0.4) is 0 Å². The average molecular weight is 307 g/mol. The Morgan fingerprint density at radius 3 is 2.44 bits per heavy atom. The van der Waals surface area contributed by atoms with Gasteiger partial charge in [0, 0.05) is 5.69 Å². The molecule has 0 spiro atoms. The Kier molecular flexibility index (Phi) is 3.65. The van der Waals surface area contributed by atoms with Gasteiger partial charge in [0.05, 0.1) is 10.0 Å². The molecule has 18 heavy (non-hydrogen) atoms. The first kappa shape index (κ1) is 13.0. The largest absolute Gasteiger partial charge is 0.374 e. The second-order valence-corrected chi connectivity index (χ2v) is 4.98. The maximum absolute atomic E-state index is 13.2. The summed E-state index contributed by atoms with van der Waals surface area (Å²) in [5.74, 6) is -1.26. The lowest BCUT2D eigenvalue weighted by Gasteiger charge is -2.05. The number of hydrogen-bond donors (Lipinski definition) is 2. The molecule has 0 bridgehead atoms. The fourth-order valence-corrected chi connectivity index (χ4v) is 2.13. The third-order valence-corrected chi connectivity index (χ3v) is 3.18. The number of aromatic nitrogens is 2. The van der Waals surface area contributed by atoms with Crippen LogP contribution in [0, 0.1) is 5.82 Å².